The molecular weight excluding hydrogens is 411 g/mol. The van der Waals surface area contributed by atoms with E-state index in [-0.39, 0.29) is 35.6 Å². The van der Waals surface area contributed by atoms with E-state index in [4.69, 9.17) is 0 Å². The maximum absolute atomic E-state index is 13.1. The number of ketones is 1. The van der Waals surface area contributed by atoms with Crippen LogP contribution in [-0.2, 0) is 6.18 Å². The van der Waals surface area contributed by atoms with E-state index >= 15 is 0 Å². The van der Waals surface area contributed by atoms with Gasteiger partial charge in [-0.3, -0.25) is 14.3 Å². The van der Waals surface area contributed by atoms with Crippen LogP contribution in [0.3, 0.4) is 0 Å². The van der Waals surface area contributed by atoms with E-state index in [1.807, 2.05) is 0 Å². The number of benzene rings is 1. The molecule has 1 aliphatic carbocycles. The molecule has 9 heteroatoms. The molecule has 0 bridgehead atoms. The third kappa shape index (κ3) is 5.33. The molecule has 2 aromatic rings. The van der Waals surface area contributed by atoms with Crippen molar-refractivity contribution in [2.24, 2.45) is 5.92 Å². The minimum atomic E-state index is -4.49. The molecule has 2 N–H and O–H groups in total. The summed E-state index contributed by atoms with van der Waals surface area (Å²) in [6.07, 6.45) is -1.85. The molecule has 0 saturated heterocycles. The van der Waals surface area contributed by atoms with Crippen molar-refractivity contribution in [1.82, 2.24) is 15.1 Å². The highest BCUT2D eigenvalue weighted by Gasteiger charge is 2.32. The van der Waals surface area contributed by atoms with Crippen molar-refractivity contribution in [3.8, 4) is 0 Å². The minimum Gasteiger partial charge on any atom is -0.393 e. The first kappa shape index (κ1) is 23.0. The van der Waals surface area contributed by atoms with E-state index in [0.717, 1.165) is 25.0 Å². The molecule has 1 atom stereocenters. The van der Waals surface area contributed by atoms with Crippen LogP contribution in [-0.4, -0.2) is 39.7 Å². The van der Waals surface area contributed by atoms with Crippen LogP contribution in [0.25, 0.3) is 0 Å². The zero-order chi connectivity index (χ0) is 22.8. The van der Waals surface area contributed by atoms with Crippen LogP contribution in [0.15, 0.2) is 30.3 Å². The van der Waals surface area contributed by atoms with Gasteiger partial charge in [-0.25, -0.2) is 0 Å². The van der Waals surface area contributed by atoms with Gasteiger partial charge in [-0.2, -0.15) is 18.3 Å². The summed E-state index contributed by atoms with van der Waals surface area (Å²) in [5, 5.41) is 16.4. The minimum absolute atomic E-state index is 0.0312. The predicted molar refractivity (Wildman–Crippen MR) is 108 cm³/mol. The summed E-state index contributed by atoms with van der Waals surface area (Å²) in [5.74, 6) is -0.584. The second-order valence-corrected chi connectivity index (χ2v) is 8.04. The normalized spacial score (nSPS) is 20.3. The summed E-state index contributed by atoms with van der Waals surface area (Å²) < 4.78 is 40.7. The number of hydrogen-bond donors (Lipinski definition) is 2. The topological polar surface area (TPSA) is 84.2 Å². The highest BCUT2D eigenvalue weighted by Crippen LogP contribution is 2.32. The summed E-state index contributed by atoms with van der Waals surface area (Å²) >= 11 is 0. The van der Waals surface area contributed by atoms with Crippen molar-refractivity contribution >= 4 is 11.7 Å². The van der Waals surface area contributed by atoms with Gasteiger partial charge in [0.25, 0.3) is 5.91 Å². The van der Waals surface area contributed by atoms with Gasteiger partial charge in [0.05, 0.1) is 17.7 Å². The highest BCUT2D eigenvalue weighted by atomic mass is 19.4. The molecule has 1 saturated carbocycles. The molecule has 1 aromatic carbocycles. The van der Waals surface area contributed by atoms with Crippen molar-refractivity contribution < 1.29 is 27.9 Å². The molecule has 3 rings (SSSR count). The lowest BCUT2D eigenvalue weighted by molar-refractivity contribution is -0.137. The number of nitrogens with one attached hydrogen (secondary N) is 1. The second-order valence-electron chi connectivity index (χ2n) is 8.04. The smallest absolute Gasteiger partial charge is 0.393 e. The molecule has 0 aliphatic heterocycles. The van der Waals surface area contributed by atoms with E-state index in [9.17, 15) is 27.9 Å². The van der Waals surface area contributed by atoms with E-state index in [2.05, 4.69) is 10.4 Å². The van der Waals surface area contributed by atoms with Gasteiger partial charge in [-0.1, -0.05) is 12.1 Å². The van der Waals surface area contributed by atoms with Gasteiger partial charge in [0, 0.05) is 19.5 Å². The van der Waals surface area contributed by atoms with Crippen molar-refractivity contribution in [3.05, 3.63) is 52.8 Å². The van der Waals surface area contributed by atoms with Gasteiger partial charge >= 0.3 is 6.18 Å². The molecule has 6 nitrogen and oxygen atoms in total. The van der Waals surface area contributed by atoms with E-state index < -0.39 is 23.7 Å². The Balaban J connectivity index is 1.92. The average Bonchev–Trinajstić information content (AvgIpc) is 3.19. The number of nitrogens with zero attached hydrogens (tertiary/aromatic N) is 2. The molecule has 168 valence electrons. The molecule has 1 fully saturated rings. The zero-order valence-corrected chi connectivity index (χ0v) is 17.4. The first-order valence-electron chi connectivity index (χ1n) is 10.3. The molecule has 1 aliphatic rings. The highest BCUT2D eigenvalue weighted by molar-refractivity contribution is 5.99. The van der Waals surface area contributed by atoms with Gasteiger partial charge in [-0.15, -0.1) is 0 Å². The molecule has 1 heterocycles. The Kier molecular flexibility index (Phi) is 6.83. The summed E-state index contributed by atoms with van der Waals surface area (Å²) in [6.45, 7) is 1.64. The quantitative estimate of drug-likeness (QED) is 0.670. The number of aromatic nitrogens is 2. The van der Waals surface area contributed by atoms with Gasteiger partial charge in [0.15, 0.2) is 11.5 Å². The lowest BCUT2D eigenvalue weighted by atomic mass is 9.84. The van der Waals surface area contributed by atoms with Gasteiger partial charge in [0.2, 0.25) is 0 Å². The molecular formula is C22H26F3N3O3. The van der Waals surface area contributed by atoms with Crippen molar-refractivity contribution in [2.75, 3.05) is 7.05 Å². The average molecular weight is 437 g/mol. The van der Waals surface area contributed by atoms with E-state index in [0.29, 0.717) is 18.4 Å². The van der Waals surface area contributed by atoms with Gasteiger partial charge in [-0.05, 0) is 56.2 Å². The Hall–Kier alpha value is -2.68. The van der Waals surface area contributed by atoms with E-state index in [1.54, 1.807) is 6.92 Å². The first-order chi connectivity index (χ1) is 14.6. The van der Waals surface area contributed by atoms with Crippen LogP contribution >= 0.6 is 0 Å². The number of Topliss-reactive ketones (excluding diaryl/α,β-unsaturated/α-hetero) is 1. The van der Waals surface area contributed by atoms with Crippen molar-refractivity contribution in [3.63, 3.8) is 0 Å². The van der Waals surface area contributed by atoms with Crippen LogP contribution < -0.4 is 5.32 Å². The van der Waals surface area contributed by atoms with Crippen LogP contribution in [0.1, 0.15) is 77.2 Å². The molecule has 31 heavy (non-hydrogen) atoms. The number of carbonyl (C=O) groups is 2. The Morgan fingerprint density at radius 3 is 2.52 bits per heavy atom. The number of hydrogen-bond acceptors (Lipinski definition) is 4. The third-order valence-corrected chi connectivity index (χ3v) is 5.83. The van der Waals surface area contributed by atoms with Crippen LogP contribution in [0.5, 0.6) is 0 Å². The Morgan fingerprint density at radius 2 is 1.90 bits per heavy atom. The number of halogens is 3. The van der Waals surface area contributed by atoms with Crippen LogP contribution in [0.4, 0.5) is 13.2 Å². The maximum atomic E-state index is 13.1. The zero-order valence-electron chi connectivity index (χ0n) is 17.4. The van der Waals surface area contributed by atoms with Crippen LogP contribution in [0.2, 0.25) is 0 Å². The maximum Gasteiger partial charge on any atom is 0.416 e. The first-order valence-corrected chi connectivity index (χ1v) is 10.3. The second kappa shape index (κ2) is 9.21. The lowest BCUT2D eigenvalue weighted by Gasteiger charge is -2.25. The molecule has 0 radical (unpaired) electrons. The fourth-order valence-corrected chi connectivity index (χ4v) is 3.97. The van der Waals surface area contributed by atoms with Crippen molar-refractivity contribution in [1.29, 1.82) is 0 Å². The van der Waals surface area contributed by atoms with E-state index in [1.165, 1.54) is 29.9 Å². The third-order valence-electron chi connectivity index (χ3n) is 5.83. The van der Waals surface area contributed by atoms with Crippen molar-refractivity contribution in [2.45, 2.75) is 57.3 Å². The standard InChI is InChI=1S/C22H26F3N3O3/c1-13(15-4-3-5-16(11-15)22(23,24)25)28-19(12-18(27-28)21(31)26-2)20(30)10-14-6-8-17(29)9-7-14/h3-5,11-14,17,29H,6-10H2,1-2H3,(H,26,31)/t13-,14?,17?/m1/s1. The monoisotopic (exact) mass is 437 g/mol. The number of aliphatic hydroxyl groups excluding tert-OH is 1. The Morgan fingerprint density at radius 1 is 1.23 bits per heavy atom. The number of rotatable bonds is 6. The lowest BCUT2D eigenvalue weighted by Crippen LogP contribution is -2.22. The van der Waals surface area contributed by atoms with Gasteiger partial charge < -0.3 is 10.4 Å². The number of aliphatic hydroxyl groups is 1. The predicted octanol–water partition coefficient (Wildman–Crippen LogP) is 3.99. The summed E-state index contributed by atoms with van der Waals surface area (Å²) in [6, 6.07) is 5.57. The summed E-state index contributed by atoms with van der Waals surface area (Å²) in [5.41, 5.74) is -0.237. The molecule has 0 spiro atoms. The molecule has 1 aromatic heterocycles. The number of carbonyl (C=O) groups excluding carboxylic acids is 2. The Labute approximate surface area is 178 Å². The Bertz CT molecular complexity index is 947. The summed E-state index contributed by atoms with van der Waals surface area (Å²) in [4.78, 5) is 25.2. The van der Waals surface area contributed by atoms with Crippen LogP contribution in [0, 0.1) is 5.92 Å². The number of alkyl halides is 3. The molecule has 0 unspecified atom stereocenters. The van der Waals surface area contributed by atoms with Gasteiger partial charge in [0.1, 0.15) is 5.69 Å². The fourth-order valence-electron chi connectivity index (χ4n) is 3.97. The molecule has 1 amide bonds. The largest absolute Gasteiger partial charge is 0.416 e. The summed E-state index contributed by atoms with van der Waals surface area (Å²) in [7, 11) is 1.44. The number of amides is 1. The SMILES string of the molecule is CNC(=O)c1cc(C(=O)CC2CCC(O)CC2)n([C@H](C)c2cccc(C(F)(F)F)c2)n1. The fraction of sp³-hybridized carbons (Fsp3) is 0.500.